The average Bonchev–Trinajstić information content (AvgIpc) is 3.18. The standard InChI is InChI=1S/C10H12N2O.C10H9NO3/c11-4-3-7-6-12-10-2-1-8(13)5-9(7)10;12-8-1-2-9-6(4-8)3-7(11-9)5-10(13)14/h1-2,5-6,12-13H,3-4,11H2;1-4,11-12H,5H2,(H,13,14). The average molecular weight is 367 g/mol. The smallest absolute Gasteiger partial charge is 0.309 e. The fourth-order valence-electron chi connectivity index (χ4n) is 2.97. The largest absolute Gasteiger partial charge is 0.508 e. The molecule has 0 bridgehead atoms. The van der Waals surface area contributed by atoms with E-state index in [1.165, 1.54) is 0 Å². The van der Waals surface area contributed by atoms with Crippen molar-refractivity contribution >= 4 is 27.8 Å². The number of hydrogen-bond acceptors (Lipinski definition) is 4. The number of aromatic hydroxyl groups is 2. The van der Waals surface area contributed by atoms with Crippen LogP contribution in [0.2, 0.25) is 0 Å². The van der Waals surface area contributed by atoms with Crippen molar-refractivity contribution in [3.63, 3.8) is 0 Å². The van der Waals surface area contributed by atoms with Gasteiger partial charge in [0.05, 0.1) is 6.42 Å². The van der Waals surface area contributed by atoms with Crippen LogP contribution in [-0.2, 0) is 17.6 Å². The normalized spacial score (nSPS) is 10.7. The van der Waals surface area contributed by atoms with Gasteiger partial charge in [-0.3, -0.25) is 4.79 Å². The highest BCUT2D eigenvalue weighted by Gasteiger charge is 2.05. The molecule has 0 aliphatic carbocycles. The highest BCUT2D eigenvalue weighted by Crippen LogP contribution is 2.23. The molecule has 27 heavy (non-hydrogen) atoms. The van der Waals surface area contributed by atoms with Crippen LogP contribution in [0.3, 0.4) is 0 Å². The fourth-order valence-corrected chi connectivity index (χ4v) is 2.97. The van der Waals surface area contributed by atoms with Gasteiger partial charge in [0.1, 0.15) is 11.5 Å². The number of hydrogen-bond donors (Lipinski definition) is 6. The van der Waals surface area contributed by atoms with Gasteiger partial charge in [0.15, 0.2) is 0 Å². The zero-order valence-corrected chi connectivity index (χ0v) is 14.6. The van der Waals surface area contributed by atoms with Gasteiger partial charge in [0, 0.05) is 33.7 Å². The Balaban J connectivity index is 0.000000156. The summed E-state index contributed by atoms with van der Waals surface area (Å²) >= 11 is 0. The Labute approximate surface area is 155 Å². The maximum absolute atomic E-state index is 10.4. The number of rotatable bonds is 4. The lowest BCUT2D eigenvalue weighted by Gasteiger charge is -1.96. The number of carbonyl (C=O) groups is 1. The van der Waals surface area contributed by atoms with Gasteiger partial charge < -0.3 is 31.0 Å². The summed E-state index contributed by atoms with van der Waals surface area (Å²) in [5.74, 6) is -0.399. The van der Waals surface area contributed by atoms with E-state index in [-0.39, 0.29) is 12.2 Å². The van der Waals surface area contributed by atoms with E-state index in [1.807, 2.05) is 12.3 Å². The van der Waals surface area contributed by atoms with Crippen molar-refractivity contribution in [2.75, 3.05) is 6.54 Å². The molecule has 7 nitrogen and oxygen atoms in total. The number of H-pyrrole nitrogens is 2. The van der Waals surface area contributed by atoms with Crippen LogP contribution >= 0.6 is 0 Å². The molecule has 0 amide bonds. The summed E-state index contributed by atoms with van der Waals surface area (Å²) in [7, 11) is 0. The molecule has 0 aliphatic heterocycles. The fraction of sp³-hybridized carbons (Fsp3) is 0.150. The second-order valence-corrected chi connectivity index (χ2v) is 6.22. The summed E-state index contributed by atoms with van der Waals surface area (Å²) in [6.07, 6.45) is 2.75. The Morgan fingerprint density at radius 2 is 1.70 bits per heavy atom. The topological polar surface area (TPSA) is 135 Å². The molecule has 2 heterocycles. The summed E-state index contributed by atoms with van der Waals surface area (Å²) in [6.45, 7) is 0.628. The van der Waals surface area contributed by atoms with Gasteiger partial charge in [-0.05, 0) is 61.0 Å². The third-order valence-corrected chi connectivity index (χ3v) is 4.17. The molecule has 0 atom stereocenters. The second kappa shape index (κ2) is 7.84. The van der Waals surface area contributed by atoms with E-state index < -0.39 is 5.97 Å². The predicted molar refractivity (Wildman–Crippen MR) is 104 cm³/mol. The van der Waals surface area contributed by atoms with Crippen molar-refractivity contribution in [2.24, 2.45) is 5.73 Å². The molecule has 0 aliphatic rings. The van der Waals surface area contributed by atoms with Crippen LogP contribution < -0.4 is 5.73 Å². The molecule has 0 unspecified atom stereocenters. The Kier molecular flexibility index (Phi) is 5.33. The first kappa shape index (κ1) is 18.3. The van der Waals surface area contributed by atoms with Gasteiger partial charge in [-0.2, -0.15) is 0 Å². The molecule has 2 aromatic heterocycles. The quantitative estimate of drug-likeness (QED) is 0.330. The van der Waals surface area contributed by atoms with Crippen molar-refractivity contribution in [3.05, 3.63) is 59.9 Å². The van der Waals surface area contributed by atoms with Crippen molar-refractivity contribution in [1.29, 1.82) is 0 Å². The van der Waals surface area contributed by atoms with Crippen LogP contribution in [0.5, 0.6) is 11.5 Å². The summed E-state index contributed by atoms with van der Waals surface area (Å²) < 4.78 is 0. The maximum atomic E-state index is 10.4. The molecule has 4 rings (SSSR count). The number of carboxylic acids is 1. The van der Waals surface area contributed by atoms with Crippen LogP contribution in [0.15, 0.2) is 48.7 Å². The first-order valence-corrected chi connectivity index (χ1v) is 8.47. The minimum atomic E-state index is -0.874. The zero-order valence-electron chi connectivity index (χ0n) is 14.6. The van der Waals surface area contributed by atoms with E-state index in [0.717, 1.165) is 33.8 Å². The molecule has 7 heteroatoms. The monoisotopic (exact) mass is 367 g/mol. The Bertz CT molecular complexity index is 1080. The number of nitrogens with one attached hydrogen (secondary N) is 2. The number of carboxylic acid groups (broad SMARTS) is 1. The molecule has 0 saturated heterocycles. The van der Waals surface area contributed by atoms with Gasteiger partial charge in [0.2, 0.25) is 0 Å². The van der Waals surface area contributed by atoms with E-state index in [0.29, 0.717) is 18.0 Å². The number of phenolic OH excluding ortho intramolecular Hbond substituents is 2. The molecule has 0 fully saturated rings. The number of aromatic nitrogens is 2. The molecule has 2 aromatic carbocycles. The zero-order chi connectivity index (χ0) is 19.4. The van der Waals surface area contributed by atoms with Crippen molar-refractivity contribution in [1.82, 2.24) is 9.97 Å². The van der Waals surface area contributed by atoms with Crippen LogP contribution in [-0.4, -0.2) is 37.8 Å². The van der Waals surface area contributed by atoms with Crippen LogP contribution in [0.1, 0.15) is 11.3 Å². The number of benzene rings is 2. The Morgan fingerprint density at radius 1 is 1.00 bits per heavy atom. The Hall–Kier alpha value is -3.45. The molecule has 4 aromatic rings. The predicted octanol–water partition coefficient (Wildman–Crippen LogP) is 2.88. The minimum Gasteiger partial charge on any atom is -0.508 e. The second-order valence-electron chi connectivity index (χ2n) is 6.22. The van der Waals surface area contributed by atoms with Crippen LogP contribution in [0, 0.1) is 0 Å². The molecule has 140 valence electrons. The van der Waals surface area contributed by atoms with Crippen LogP contribution in [0.25, 0.3) is 21.8 Å². The maximum Gasteiger partial charge on any atom is 0.309 e. The lowest BCUT2D eigenvalue weighted by atomic mass is 10.1. The molecule has 0 saturated carbocycles. The molecular weight excluding hydrogens is 346 g/mol. The summed E-state index contributed by atoms with van der Waals surface area (Å²) in [6, 6.07) is 11.9. The number of nitrogens with two attached hydrogens (primary N) is 1. The van der Waals surface area contributed by atoms with Gasteiger partial charge in [-0.15, -0.1) is 0 Å². The highest BCUT2D eigenvalue weighted by atomic mass is 16.4. The van der Waals surface area contributed by atoms with Crippen molar-refractivity contribution < 1.29 is 20.1 Å². The summed E-state index contributed by atoms with van der Waals surface area (Å²) in [5.41, 5.74) is 9.15. The Morgan fingerprint density at radius 3 is 2.41 bits per heavy atom. The third kappa shape index (κ3) is 4.39. The SMILES string of the molecule is NCCc1c[nH]c2ccc(O)cc12.O=C(O)Cc1cc2cc(O)ccc2[nH]1. The lowest BCUT2D eigenvalue weighted by Crippen LogP contribution is -2.01. The van der Waals surface area contributed by atoms with Gasteiger partial charge in [0.25, 0.3) is 0 Å². The van der Waals surface area contributed by atoms with Crippen LogP contribution in [0.4, 0.5) is 0 Å². The first-order chi connectivity index (χ1) is 13.0. The van der Waals surface area contributed by atoms with Gasteiger partial charge in [-0.25, -0.2) is 0 Å². The number of fused-ring (bicyclic) bond motifs is 2. The van der Waals surface area contributed by atoms with E-state index in [1.54, 1.807) is 36.4 Å². The highest BCUT2D eigenvalue weighted by molar-refractivity contribution is 5.84. The number of aromatic amines is 2. The van der Waals surface area contributed by atoms with E-state index in [9.17, 15) is 15.0 Å². The summed E-state index contributed by atoms with van der Waals surface area (Å²) in [5, 5.41) is 28.9. The summed E-state index contributed by atoms with van der Waals surface area (Å²) in [4.78, 5) is 16.5. The minimum absolute atomic E-state index is 0.0323. The van der Waals surface area contributed by atoms with Crippen molar-refractivity contribution in [2.45, 2.75) is 12.8 Å². The molecule has 7 N–H and O–H groups in total. The van der Waals surface area contributed by atoms with E-state index in [4.69, 9.17) is 10.8 Å². The molecular formula is C20H21N3O4. The molecule has 0 radical (unpaired) electrons. The first-order valence-electron chi connectivity index (χ1n) is 8.47. The van der Waals surface area contributed by atoms with E-state index in [2.05, 4.69) is 9.97 Å². The van der Waals surface area contributed by atoms with Crippen molar-refractivity contribution in [3.8, 4) is 11.5 Å². The third-order valence-electron chi connectivity index (χ3n) is 4.17. The number of phenols is 2. The lowest BCUT2D eigenvalue weighted by molar-refractivity contribution is -0.136. The van der Waals surface area contributed by atoms with Gasteiger partial charge >= 0.3 is 5.97 Å². The molecule has 0 spiro atoms. The van der Waals surface area contributed by atoms with Gasteiger partial charge in [-0.1, -0.05) is 0 Å². The van der Waals surface area contributed by atoms with E-state index >= 15 is 0 Å². The number of aliphatic carboxylic acids is 1.